The van der Waals surface area contributed by atoms with Gasteiger partial charge in [-0.3, -0.25) is 4.79 Å². The lowest BCUT2D eigenvalue weighted by molar-refractivity contribution is -0.112. The zero-order valence-corrected chi connectivity index (χ0v) is 10.1. The maximum Gasteiger partial charge on any atom is 0.152 e. The molecule has 0 saturated heterocycles. The number of carbonyl (C=O) groups excluding carboxylic acids is 1. The van der Waals surface area contributed by atoms with Crippen molar-refractivity contribution in [2.24, 2.45) is 5.41 Å². The SMILES string of the molecule is CCC=C(C=CC(C)=O)C(C)(C)CC. The van der Waals surface area contributed by atoms with Crippen molar-refractivity contribution in [2.45, 2.75) is 47.5 Å². The Balaban J connectivity index is 4.79. The zero-order valence-electron chi connectivity index (χ0n) is 10.1. The van der Waals surface area contributed by atoms with Crippen molar-refractivity contribution in [3.63, 3.8) is 0 Å². The average Bonchev–Trinajstić information content (AvgIpc) is 2.11. The Morgan fingerprint density at radius 1 is 1.21 bits per heavy atom. The van der Waals surface area contributed by atoms with Crippen molar-refractivity contribution in [1.29, 1.82) is 0 Å². The normalized spacial score (nSPS) is 13.6. The van der Waals surface area contributed by atoms with Gasteiger partial charge in [-0.25, -0.2) is 0 Å². The van der Waals surface area contributed by atoms with E-state index in [1.807, 2.05) is 6.08 Å². The molecule has 14 heavy (non-hydrogen) atoms. The first kappa shape index (κ1) is 13.2. The molecule has 0 aliphatic heterocycles. The van der Waals surface area contributed by atoms with Gasteiger partial charge in [-0.05, 0) is 36.8 Å². The van der Waals surface area contributed by atoms with Crippen molar-refractivity contribution in [3.05, 3.63) is 23.8 Å². The summed E-state index contributed by atoms with van der Waals surface area (Å²) in [5.41, 5.74) is 1.43. The molecule has 0 aromatic rings. The number of allylic oxidation sites excluding steroid dienone is 4. The molecule has 0 unspecified atom stereocenters. The largest absolute Gasteiger partial charge is 0.295 e. The van der Waals surface area contributed by atoms with Crippen LogP contribution in [0.25, 0.3) is 0 Å². The predicted octanol–water partition coefficient (Wildman–Crippen LogP) is 3.90. The van der Waals surface area contributed by atoms with Crippen LogP contribution in [-0.2, 0) is 4.79 Å². The average molecular weight is 194 g/mol. The van der Waals surface area contributed by atoms with E-state index < -0.39 is 0 Å². The fraction of sp³-hybridized carbons (Fsp3) is 0.615. The summed E-state index contributed by atoms with van der Waals surface area (Å²) in [6.07, 6.45) is 7.90. The predicted molar refractivity (Wildman–Crippen MR) is 62.3 cm³/mol. The standard InChI is InChI=1S/C13H22O/c1-6-8-12(10-9-11(3)14)13(4,5)7-2/h8-10H,6-7H2,1-5H3. The Kier molecular flexibility index (Phi) is 5.44. The number of carbonyl (C=O) groups is 1. The smallest absolute Gasteiger partial charge is 0.152 e. The van der Waals surface area contributed by atoms with E-state index in [1.165, 1.54) is 5.57 Å². The quantitative estimate of drug-likeness (QED) is 0.479. The van der Waals surface area contributed by atoms with Crippen LogP contribution in [0.1, 0.15) is 47.5 Å². The molecule has 0 fully saturated rings. The molecular weight excluding hydrogens is 172 g/mol. The minimum Gasteiger partial charge on any atom is -0.295 e. The molecule has 1 nitrogen and oxygen atoms in total. The lowest BCUT2D eigenvalue weighted by Gasteiger charge is -2.24. The molecule has 0 bridgehead atoms. The summed E-state index contributed by atoms with van der Waals surface area (Å²) in [5.74, 6) is 0.110. The van der Waals surface area contributed by atoms with Gasteiger partial charge in [0.15, 0.2) is 5.78 Å². The van der Waals surface area contributed by atoms with E-state index in [0.29, 0.717) is 0 Å². The summed E-state index contributed by atoms with van der Waals surface area (Å²) in [6, 6.07) is 0. The summed E-state index contributed by atoms with van der Waals surface area (Å²) in [5, 5.41) is 0. The van der Waals surface area contributed by atoms with Crippen LogP contribution in [0.5, 0.6) is 0 Å². The van der Waals surface area contributed by atoms with E-state index in [0.717, 1.165) is 12.8 Å². The Hall–Kier alpha value is -0.850. The van der Waals surface area contributed by atoms with Crippen molar-refractivity contribution in [2.75, 3.05) is 0 Å². The van der Waals surface area contributed by atoms with Gasteiger partial charge in [0.05, 0.1) is 0 Å². The second-order valence-electron chi connectivity index (χ2n) is 4.25. The van der Waals surface area contributed by atoms with Crippen LogP contribution in [0, 0.1) is 5.41 Å². The molecule has 0 rings (SSSR count). The van der Waals surface area contributed by atoms with Crippen LogP contribution < -0.4 is 0 Å². The number of ketones is 1. The molecular formula is C13H22O. The summed E-state index contributed by atoms with van der Waals surface area (Å²) < 4.78 is 0. The third-order valence-electron chi connectivity index (χ3n) is 2.59. The minimum atomic E-state index is 0.110. The van der Waals surface area contributed by atoms with Gasteiger partial charge in [-0.2, -0.15) is 0 Å². The summed E-state index contributed by atoms with van der Waals surface area (Å²) in [6.45, 7) is 10.3. The molecule has 0 radical (unpaired) electrons. The number of hydrogen-bond donors (Lipinski definition) is 0. The minimum absolute atomic E-state index is 0.110. The molecule has 0 aliphatic carbocycles. The van der Waals surface area contributed by atoms with E-state index in [9.17, 15) is 4.79 Å². The summed E-state index contributed by atoms with van der Waals surface area (Å²) in [4.78, 5) is 10.9. The van der Waals surface area contributed by atoms with E-state index in [-0.39, 0.29) is 11.2 Å². The van der Waals surface area contributed by atoms with E-state index in [1.54, 1.807) is 13.0 Å². The van der Waals surface area contributed by atoms with Crippen molar-refractivity contribution < 1.29 is 4.79 Å². The van der Waals surface area contributed by atoms with Crippen LogP contribution in [0.3, 0.4) is 0 Å². The van der Waals surface area contributed by atoms with Crippen molar-refractivity contribution >= 4 is 5.78 Å². The molecule has 0 spiro atoms. The molecule has 0 saturated carbocycles. The Bertz CT molecular complexity index is 244. The van der Waals surface area contributed by atoms with Gasteiger partial charge < -0.3 is 0 Å². The molecule has 0 aromatic carbocycles. The van der Waals surface area contributed by atoms with E-state index in [2.05, 4.69) is 33.8 Å². The fourth-order valence-electron chi connectivity index (χ4n) is 1.20. The molecule has 0 atom stereocenters. The lowest BCUT2D eigenvalue weighted by Crippen LogP contribution is -2.12. The fourth-order valence-corrected chi connectivity index (χ4v) is 1.20. The second kappa shape index (κ2) is 5.79. The molecule has 80 valence electrons. The van der Waals surface area contributed by atoms with E-state index in [4.69, 9.17) is 0 Å². The van der Waals surface area contributed by atoms with Gasteiger partial charge in [-0.1, -0.05) is 39.8 Å². The molecule has 0 amide bonds. The number of rotatable bonds is 5. The summed E-state index contributed by atoms with van der Waals surface area (Å²) >= 11 is 0. The second-order valence-corrected chi connectivity index (χ2v) is 4.25. The Labute approximate surface area is 87.9 Å². The van der Waals surface area contributed by atoms with Gasteiger partial charge in [0.2, 0.25) is 0 Å². The summed E-state index contributed by atoms with van der Waals surface area (Å²) in [7, 11) is 0. The molecule has 0 N–H and O–H groups in total. The first-order chi connectivity index (χ1) is 6.44. The first-order valence-electron chi connectivity index (χ1n) is 5.33. The molecule has 0 aliphatic rings. The van der Waals surface area contributed by atoms with Crippen LogP contribution in [0.4, 0.5) is 0 Å². The van der Waals surface area contributed by atoms with Crippen LogP contribution in [-0.4, -0.2) is 5.78 Å². The Morgan fingerprint density at radius 2 is 1.79 bits per heavy atom. The molecule has 0 aromatic heterocycles. The van der Waals surface area contributed by atoms with E-state index >= 15 is 0 Å². The van der Waals surface area contributed by atoms with Crippen LogP contribution in [0.15, 0.2) is 23.8 Å². The number of hydrogen-bond acceptors (Lipinski definition) is 1. The third-order valence-corrected chi connectivity index (χ3v) is 2.59. The lowest BCUT2D eigenvalue weighted by atomic mass is 9.81. The van der Waals surface area contributed by atoms with Gasteiger partial charge in [0, 0.05) is 0 Å². The topological polar surface area (TPSA) is 17.1 Å². The van der Waals surface area contributed by atoms with Gasteiger partial charge in [0.1, 0.15) is 0 Å². The molecule has 1 heteroatoms. The third kappa shape index (κ3) is 4.40. The first-order valence-corrected chi connectivity index (χ1v) is 5.33. The van der Waals surface area contributed by atoms with Crippen LogP contribution >= 0.6 is 0 Å². The monoisotopic (exact) mass is 194 g/mol. The van der Waals surface area contributed by atoms with Gasteiger partial charge in [0.25, 0.3) is 0 Å². The highest BCUT2D eigenvalue weighted by Gasteiger charge is 2.18. The Morgan fingerprint density at radius 3 is 2.14 bits per heavy atom. The highest BCUT2D eigenvalue weighted by atomic mass is 16.1. The van der Waals surface area contributed by atoms with Crippen molar-refractivity contribution in [1.82, 2.24) is 0 Å². The maximum atomic E-state index is 10.9. The maximum absolute atomic E-state index is 10.9. The highest BCUT2D eigenvalue weighted by Crippen LogP contribution is 2.31. The van der Waals surface area contributed by atoms with Gasteiger partial charge in [-0.15, -0.1) is 0 Å². The van der Waals surface area contributed by atoms with Crippen molar-refractivity contribution in [3.8, 4) is 0 Å². The zero-order chi connectivity index (χ0) is 11.2. The molecule has 0 heterocycles. The highest BCUT2D eigenvalue weighted by molar-refractivity contribution is 5.87. The van der Waals surface area contributed by atoms with Crippen LogP contribution in [0.2, 0.25) is 0 Å². The van der Waals surface area contributed by atoms with Gasteiger partial charge >= 0.3 is 0 Å².